The highest BCUT2D eigenvalue weighted by Crippen LogP contribution is 2.39. The number of nitrogens with one attached hydrogen (secondary N) is 1. The van der Waals surface area contributed by atoms with E-state index in [9.17, 15) is 0 Å². The quantitative estimate of drug-likeness (QED) is 0.758. The third kappa shape index (κ3) is 3.52. The highest BCUT2D eigenvalue weighted by Gasteiger charge is 2.34. The first-order valence-corrected chi connectivity index (χ1v) is 7.72. The zero-order valence-electron chi connectivity index (χ0n) is 13.2. The highest BCUT2D eigenvalue weighted by atomic mass is 14.9. The van der Waals surface area contributed by atoms with Crippen LogP contribution in [0.3, 0.4) is 0 Å². The minimum Gasteiger partial charge on any atom is -0.382 e. The van der Waals surface area contributed by atoms with Crippen molar-refractivity contribution in [3.63, 3.8) is 0 Å². The molecule has 1 N–H and O–H groups in total. The molecule has 1 aromatic carbocycles. The molecule has 19 heavy (non-hydrogen) atoms. The molecular formula is C18H29N. The van der Waals surface area contributed by atoms with Crippen molar-refractivity contribution in [1.82, 2.24) is 0 Å². The van der Waals surface area contributed by atoms with Gasteiger partial charge in [-0.05, 0) is 55.2 Å². The second-order valence-corrected chi connectivity index (χ2v) is 7.33. The number of hydrogen-bond acceptors (Lipinski definition) is 1. The van der Waals surface area contributed by atoms with Gasteiger partial charge < -0.3 is 5.32 Å². The summed E-state index contributed by atoms with van der Waals surface area (Å²) in [6.07, 6.45) is 5.45. The molecule has 0 spiro atoms. The summed E-state index contributed by atoms with van der Waals surface area (Å²) in [5, 5.41) is 3.85. The standard InChI is InChI=1S/C18H29N/c1-13-10-11-14(2)17(12-13)19-16-9-7-6-8-15(16)18(3,4)5/h10-12,15-16,19H,6-9H2,1-5H3. The predicted molar refractivity (Wildman–Crippen MR) is 84.7 cm³/mol. The van der Waals surface area contributed by atoms with Gasteiger partial charge in [-0.3, -0.25) is 0 Å². The molecule has 0 aromatic heterocycles. The summed E-state index contributed by atoms with van der Waals surface area (Å²) in [7, 11) is 0. The van der Waals surface area contributed by atoms with Gasteiger partial charge in [0.25, 0.3) is 0 Å². The molecule has 2 rings (SSSR count). The lowest BCUT2D eigenvalue weighted by Crippen LogP contribution is -2.39. The molecule has 2 atom stereocenters. The van der Waals surface area contributed by atoms with Gasteiger partial charge in [0.2, 0.25) is 0 Å². The zero-order chi connectivity index (χ0) is 14.0. The summed E-state index contributed by atoms with van der Waals surface area (Å²) in [6, 6.07) is 7.35. The first-order valence-electron chi connectivity index (χ1n) is 7.72. The number of anilines is 1. The van der Waals surface area contributed by atoms with Gasteiger partial charge in [-0.2, -0.15) is 0 Å². The van der Waals surface area contributed by atoms with Gasteiger partial charge >= 0.3 is 0 Å². The van der Waals surface area contributed by atoms with Gasteiger partial charge in [0, 0.05) is 11.7 Å². The molecule has 1 aliphatic carbocycles. The summed E-state index contributed by atoms with van der Waals surface area (Å²) < 4.78 is 0. The van der Waals surface area contributed by atoms with Crippen LogP contribution < -0.4 is 5.32 Å². The summed E-state index contributed by atoms with van der Waals surface area (Å²) in [6.45, 7) is 11.5. The Labute approximate surface area is 118 Å². The summed E-state index contributed by atoms with van der Waals surface area (Å²) in [4.78, 5) is 0. The van der Waals surface area contributed by atoms with Gasteiger partial charge in [-0.25, -0.2) is 0 Å². The first kappa shape index (κ1) is 14.4. The maximum absolute atomic E-state index is 3.85. The van der Waals surface area contributed by atoms with Crippen molar-refractivity contribution in [2.75, 3.05) is 5.32 Å². The molecule has 0 aliphatic heterocycles. The number of aryl methyl sites for hydroxylation is 2. The van der Waals surface area contributed by atoms with Crippen LogP contribution >= 0.6 is 0 Å². The van der Waals surface area contributed by atoms with Crippen LogP contribution in [0, 0.1) is 25.2 Å². The maximum atomic E-state index is 3.85. The molecule has 0 heterocycles. The minimum atomic E-state index is 0.399. The third-order valence-corrected chi connectivity index (χ3v) is 4.61. The molecule has 1 saturated carbocycles. The zero-order valence-corrected chi connectivity index (χ0v) is 13.2. The lowest BCUT2D eigenvalue weighted by molar-refractivity contribution is 0.163. The molecule has 0 bridgehead atoms. The summed E-state index contributed by atoms with van der Waals surface area (Å²) in [5.74, 6) is 0.779. The second kappa shape index (κ2) is 5.56. The molecule has 1 nitrogen and oxygen atoms in total. The average molecular weight is 259 g/mol. The third-order valence-electron chi connectivity index (χ3n) is 4.61. The lowest BCUT2D eigenvalue weighted by Gasteiger charge is -2.41. The van der Waals surface area contributed by atoms with Gasteiger partial charge in [0.05, 0.1) is 0 Å². The molecule has 1 aliphatic rings. The molecule has 1 heteroatoms. The largest absolute Gasteiger partial charge is 0.382 e. The van der Waals surface area contributed by atoms with Crippen LogP contribution in [-0.4, -0.2) is 6.04 Å². The van der Waals surface area contributed by atoms with Gasteiger partial charge in [-0.15, -0.1) is 0 Å². The van der Waals surface area contributed by atoms with E-state index in [2.05, 4.69) is 58.1 Å². The molecule has 106 valence electrons. The van der Waals surface area contributed by atoms with E-state index in [1.165, 1.54) is 42.5 Å². The molecular weight excluding hydrogens is 230 g/mol. The molecule has 0 radical (unpaired) electrons. The Bertz CT molecular complexity index is 428. The van der Waals surface area contributed by atoms with E-state index in [-0.39, 0.29) is 0 Å². The Balaban J connectivity index is 2.17. The fourth-order valence-electron chi connectivity index (χ4n) is 3.43. The fourth-order valence-corrected chi connectivity index (χ4v) is 3.43. The van der Waals surface area contributed by atoms with E-state index in [1.54, 1.807) is 0 Å². The van der Waals surface area contributed by atoms with Gasteiger partial charge in [0.15, 0.2) is 0 Å². The van der Waals surface area contributed by atoms with Gasteiger partial charge in [0.1, 0.15) is 0 Å². The molecule has 0 saturated heterocycles. The maximum Gasteiger partial charge on any atom is 0.0374 e. The van der Waals surface area contributed by atoms with E-state index in [1.807, 2.05) is 0 Å². The van der Waals surface area contributed by atoms with E-state index in [4.69, 9.17) is 0 Å². The molecule has 1 fully saturated rings. The Morgan fingerprint density at radius 3 is 2.42 bits per heavy atom. The smallest absolute Gasteiger partial charge is 0.0374 e. The number of rotatable bonds is 2. The second-order valence-electron chi connectivity index (χ2n) is 7.33. The van der Waals surface area contributed by atoms with Crippen LogP contribution in [0.15, 0.2) is 18.2 Å². The van der Waals surface area contributed by atoms with Crippen molar-refractivity contribution in [3.05, 3.63) is 29.3 Å². The predicted octanol–water partition coefficient (Wildman–Crippen LogP) is 5.32. The minimum absolute atomic E-state index is 0.399. The summed E-state index contributed by atoms with van der Waals surface area (Å²) in [5.41, 5.74) is 4.44. The Hall–Kier alpha value is -0.980. The van der Waals surface area contributed by atoms with Crippen molar-refractivity contribution < 1.29 is 0 Å². The first-order chi connectivity index (χ1) is 8.88. The van der Waals surface area contributed by atoms with Crippen LogP contribution in [0.25, 0.3) is 0 Å². The van der Waals surface area contributed by atoms with E-state index >= 15 is 0 Å². The lowest BCUT2D eigenvalue weighted by atomic mass is 9.69. The van der Waals surface area contributed by atoms with Crippen LogP contribution in [0.1, 0.15) is 57.6 Å². The van der Waals surface area contributed by atoms with E-state index in [0.29, 0.717) is 11.5 Å². The van der Waals surface area contributed by atoms with Crippen molar-refractivity contribution in [1.29, 1.82) is 0 Å². The Kier molecular flexibility index (Phi) is 4.23. The monoisotopic (exact) mass is 259 g/mol. The number of benzene rings is 1. The van der Waals surface area contributed by atoms with Crippen molar-refractivity contribution in [2.24, 2.45) is 11.3 Å². The van der Waals surface area contributed by atoms with Crippen LogP contribution in [-0.2, 0) is 0 Å². The van der Waals surface area contributed by atoms with Crippen molar-refractivity contribution >= 4 is 5.69 Å². The average Bonchev–Trinajstić information content (AvgIpc) is 2.33. The van der Waals surface area contributed by atoms with Gasteiger partial charge in [-0.1, -0.05) is 45.7 Å². The van der Waals surface area contributed by atoms with Crippen LogP contribution in [0.2, 0.25) is 0 Å². The SMILES string of the molecule is Cc1ccc(C)c(NC2CCCCC2C(C)(C)C)c1. The van der Waals surface area contributed by atoms with Crippen molar-refractivity contribution in [3.8, 4) is 0 Å². The van der Waals surface area contributed by atoms with Crippen LogP contribution in [0.5, 0.6) is 0 Å². The van der Waals surface area contributed by atoms with E-state index < -0.39 is 0 Å². The molecule has 0 amide bonds. The molecule has 1 aromatic rings. The number of hydrogen-bond donors (Lipinski definition) is 1. The summed E-state index contributed by atoms with van der Waals surface area (Å²) >= 11 is 0. The Morgan fingerprint density at radius 2 is 1.74 bits per heavy atom. The molecule has 2 unspecified atom stereocenters. The highest BCUT2D eigenvalue weighted by molar-refractivity contribution is 5.53. The normalized spacial score (nSPS) is 24.3. The van der Waals surface area contributed by atoms with Crippen LogP contribution in [0.4, 0.5) is 5.69 Å². The Morgan fingerprint density at radius 1 is 1.05 bits per heavy atom. The van der Waals surface area contributed by atoms with E-state index in [0.717, 1.165) is 5.92 Å². The fraction of sp³-hybridized carbons (Fsp3) is 0.667. The topological polar surface area (TPSA) is 12.0 Å². The van der Waals surface area contributed by atoms with Crippen molar-refractivity contribution in [2.45, 2.75) is 66.3 Å².